The molecule has 1 aromatic rings. The number of carboxylic acids is 1. The summed E-state index contributed by atoms with van der Waals surface area (Å²) in [4.78, 5) is 17.0. The van der Waals surface area contributed by atoms with Crippen LogP contribution in [-0.4, -0.2) is 42.9 Å². The van der Waals surface area contributed by atoms with E-state index in [9.17, 15) is 4.79 Å². The van der Waals surface area contributed by atoms with Crippen LogP contribution in [0, 0.1) is 5.92 Å². The monoisotopic (exact) mass is 251 g/mol. The summed E-state index contributed by atoms with van der Waals surface area (Å²) in [5, 5.41) is 8.85. The summed E-state index contributed by atoms with van der Waals surface area (Å²) in [6, 6.07) is 1.45. The maximum absolute atomic E-state index is 10.8. The Labute approximate surface area is 105 Å². The number of carboxylic acid groups (broad SMARTS) is 1. The molecule has 1 aliphatic rings. The molecule has 0 aliphatic carbocycles. The topological polar surface area (TPSA) is 88.7 Å². The molecule has 0 saturated carbocycles. The zero-order valence-corrected chi connectivity index (χ0v) is 10.3. The van der Waals surface area contributed by atoms with Gasteiger partial charge in [0.15, 0.2) is 5.82 Å². The minimum atomic E-state index is -1.01. The molecule has 98 valence electrons. The van der Waals surface area contributed by atoms with Crippen molar-refractivity contribution >= 4 is 17.5 Å². The number of ether oxygens (including phenoxy) is 1. The van der Waals surface area contributed by atoms with E-state index < -0.39 is 5.97 Å². The summed E-state index contributed by atoms with van der Waals surface area (Å²) in [5.74, 6) is 0.133. The molecule has 0 aromatic carbocycles. The number of aromatic nitrogens is 1. The molecular weight excluding hydrogens is 234 g/mol. The van der Waals surface area contributed by atoms with Crippen molar-refractivity contribution < 1.29 is 14.6 Å². The van der Waals surface area contributed by atoms with Gasteiger partial charge in [-0.05, 0) is 12.5 Å². The number of hydrogen-bond donors (Lipinski definition) is 2. The second kappa shape index (κ2) is 5.22. The predicted octanol–water partition coefficient (Wildman–Crippen LogP) is 0.835. The highest BCUT2D eigenvalue weighted by Crippen LogP contribution is 2.27. The third-order valence-corrected chi connectivity index (χ3v) is 3.13. The minimum absolute atomic E-state index is 0.115. The van der Waals surface area contributed by atoms with E-state index in [4.69, 9.17) is 15.6 Å². The lowest BCUT2D eigenvalue weighted by atomic mass is 10.1. The number of nitrogen functional groups attached to an aromatic ring is 1. The zero-order valence-electron chi connectivity index (χ0n) is 10.3. The SMILES string of the molecule is COCC1CCN(c2ncc(C(=O)O)cc2N)C1. The summed E-state index contributed by atoms with van der Waals surface area (Å²) in [6.45, 7) is 2.44. The fourth-order valence-corrected chi connectivity index (χ4v) is 2.25. The van der Waals surface area contributed by atoms with Crippen LogP contribution in [0.4, 0.5) is 11.5 Å². The maximum Gasteiger partial charge on any atom is 0.337 e. The number of carbonyl (C=O) groups is 1. The van der Waals surface area contributed by atoms with Crippen molar-refractivity contribution in [1.82, 2.24) is 4.98 Å². The normalized spacial score (nSPS) is 19.2. The van der Waals surface area contributed by atoms with Crippen LogP contribution >= 0.6 is 0 Å². The highest BCUT2D eigenvalue weighted by Gasteiger charge is 2.25. The molecule has 1 unspecified atom stereocenters. The van der Waals surface area contributed by atoms with Crippen molar-refractivity contribution in [3.05, 3.63) is 17.8 Å². The summed E-state index contributed by atoms with van der Waals surface area (Å²) in [7, 11) is 1.69. The van der Waals surface area contributed by atoms with Gasteiger partial charge in [0.1, 0.15) is 0 Å². The van der Waals surface area contributed by atoms with Crippen LogP contribution in [0.2, 0.25) is 0 Å². The van der Waals surface area contributed by atoms with Gasteiger partial charge in [0.05, 0.1) is 17.9 Å². The quantitative estimate of drug-likeness (QED) is 0.824. The predicted molar refractivity (Wildman–Crippen MR) is 67.8 cm³/mol. The first-order valence-electron chi connectivity index (χ1n) is 5.84. The summed E-state index contributed by atoms with van der Waals surface area (Å²) in [5.41, 5.74) is 6.38. The van der Waals surface area contributed by atoms with E-state index in [0.717, 1.165) is 26.1 Å². The van der Waals surface area contributed by atoms with Crippen molar-refractivity contribution in [2.45, 2.75) is 6.42 Å². The van der Waals surface area contributed by atoms with Crippen molar-refractivity contribution in [2.75, 3.05) is 37.4 Å². The van der Waals surface area contributed by atoms with Gasteiger partial charge in [0.2, 0.25) is 0 Å². The van der Waals surface area contributed by atoms with Crippen molar-refractivity contribution in [1.29, 1.82) is 0 Å². The first-order chi connectivity index (χ1) is 8.61. The first-order valence-corrected chi connectivity index (χ1v) is 5.84. The molecule has 0 bridgehead atoms. The van der Waals surface area contributed by atoms with Crippen molar-refractivity contribution in [2.24, 2.45) is 5.92 Å². The molecule has 2 rings (SSSR count). The van der Waals surface area contributed by atoms with E-state index in [1.165, 1.54) is 12.3 Å². The van der Waals surface area contributed by atoms with Gasteiger partial charge in [-0.3, -0.25) is 0 Å². The average Bonchev–Trinajstić information content (AvgIpc) is 2.77. The van der Waals surface area contributed by atoms with E-state index in [0.29, 0.717) is 17.4 Å². The van der Waals surface area contributed by atoms with Crippen LogP contribution in [0.3, 0.4) is 0 Å². The molecule has 1 aliphatic heterocycles. The standard InChI is InChI=1S/C12H17N3O3/c1-18-7-8-2-3-15(6-8)11-10(13)4-9(5-14-11)12(16)17/h4-5,8H,2-3,6-7,13H2,1H3,(H,16,17). The molecular formula is C12H17N3O3. The molecule has 1 fully saturated rings. The zero-order chi connectivity index (χ0) is 13.1. The van der Waals surface area contributed by atoms with Gasteiger partial charge in [0, 0.05) is 32.3 Å². The molecule has 0 radical (unpaired) electrons. The number of aromatic carboxylic acids is 1. The first kappa shape index (κ1) is 12.6. The highest BCUT2D eigenvalue weighted by atomic mass is 16.5. The number of hydrogen-bond acceptors (Lipinski definition) is 5. The Balaban J connectivity index is 2.12. The van der Waals surface area contributed by atoms with E-state index >= 15 is 0 Å². The molecule has 1 aromatic heterocycles. The van der Waals surface area contributed by atoms with E-state index in [1.54, 1.807) is 7.11 Å². The number of nitrogens with zero attached hydrogens (tertiary/aromatic N) is 2. The Morgan fingerprint density at radius 1 is 1.72 bits per heavy atom. The molecule has 1 saturated heterocycles. The Morgan fingerprint density at radius 2 is 2.50 bits per heavy atom. The van der Waals surface area contributed by atoms with Gasteiger partial charge in [-0.2, -0.15) is 0 Å². The van der Waals surface area contributed by atoms with Gasteiger partial charge in [-0.1, -0.05) is 0 Å². The van der Waals surface area contributed by atoms with E-state index in [-0.39, 0.29) is 5.56 Å². The van der Waals surface area contributed by atoms with Crippen LogP contribution in [0.15, 0.2) is 12.3 Å². The second-order valence-electron chi connectivity index (χ2n) is 4.50. The molecule has 2 heterocycles. The van der Waals surface area contributed by atoms with Crippen LogP contribution in [0.1, 0.15) is 16.8 Å². The largest absolute Gasteiger partial charge is 0.478 e. The van der Waals surface area contributed by atoms with Gasteiger partial charge >= 0.3 is 5.97 Å². The Hall–Kier alpha value is -1.82. The Morgan fingerprint density at radius 3 is 3.11 bits per heavy atom. The lowest BCUT2D eigenvalue weighted by Gasteiger charge is -2.19. The maximum atomic E-state index is 10.8. The van der Waals surface area contributed by atoms with Crippen molar-refractivity contribution in [3.63, 3.8) is 0 Å². The van der Waals surface area contributed by atoms with Crippen LogP contribution in [-0.2, 0) is 4.74 Å². The number of methoxy groups -OCH3 is 1. The minimum Gasteiger partial charge on any atom is -0.478 e. The van der Waals surface area contributed by atoms with E-state index in [2.05, 4.69) is 9.88 Å². The molecule has 0 spiro atoms. The van der Waals surface area contributed by atoms with Crippen molar-refractivity contribution in [3.8, 4) is 0 Å². The molecule has 3 N–H and O–H groups in total. The van der Waals surface area contributed by atoms with Gasteiger partial charge in [0.25, 0.3) is 0 Å². The van der Waals surface area contributed by atoms with Crippen LogP contribution in [0.5, 0.6) is 0 Å². The fraction of sp³-hybridized carbons (Fsp3) is 0.500. The van der Waals surface area contributed by atoms with Crippen LogP contribution in [0.25, 0.3) is 0 Å². The number of anilines is 2. The Kier molecular flexibility index (Phi) is 3.66. The number of rotatable bonds is 4. The molecule has 6 nitrogen and oxygen atoms in total. The second-order valence-corrected chi connectivity index (χ2v) is 4.50. The van der Waals surface area contributed by atoms with E-state index in [1.807, 2.05) is 0 Å². The summed E-state index contributed by atoms with van der Waals surface area (Å²) < 4.78 is 5.13. The third-order valence-electron chi connectivity index (χ3n) is 3.13. The highest BCUT2D eigenvalue weighted by molar-refractivity contribution is 5.89. The average molecular weight is 251 g/mol. The lowest BCUT2D eigenvalue weighted by Crippen LogP contribution is -2.23. The van der Waals surface area contributed by atoms with Gasteiger partial charge < -0.3 is 20.5 Å². The summed E-state index contributed by atoms with van der Waals surface area (Å²) >= 11 is 0. The molecule has 6 heteroatoms. The smallest absolute Gasteiger partial charge is 0.337 e. The fourth-order valence-electron chi connectivity index (χ4n) is 2.25. The lowest BCUT2D eigenvalue weighted by molar-refractivity contribution is 0.0696. The molecule has 0 amide bonds. The number of nitrogens with two attached hydrogens (primary N) is 1. The Bertz CT molecular complexity index is 450. The third kappa shape index (κ3) is 2.53. The van der Waals surface area contributed by atoms with Gasteiger partial charge in [-0.15, -0.1) is 0 Å². The van der Waals surface area contributed by atoms with Crippen LogP contribution < -0.4 is 10.6 Å². The molecule has 18 heavy (non-hydrogen) atoms. The summed E-state index contributed by atoms with van der Waals surface area (Å²) in [6.07, 6.45) is 2.38. The molecule has 1 atom stereocenters. The number of pyridine rings is 1. The van der Waals surface area contributed by atoms with Gasteiger partial charge in [-0.25, -0.2) is 9.78 Å².